The van der Waals surface area contributed by atoms with Gasteiger partial charge in [-0.2, -0.15) is 4.99 Å². The lowest BCUT2D eigenvalue weighted by Gasteiger charge is -1.97. The lowest BCUT2D eigenvalue weighted by atomic mass is 10.3. The molecule has 0 spiro atoms. The van der Waals surface area contributed by atoms with E-state index in [4.69, 9.17) is 0 Å². The first kappa shape index (κ1) is 14.4. The minimum Gasteiger partial charge on any atom is -0.318 e. The van der Waals surface area contributed by atoms with Gasteiger partial charge in [0, 0.05) is 22.5 Å². The quantitative estimate of drug-likeness (QED) is 0.615. The van der Waals surface area contributed by atoms with E-state index in [0.29, 0.717) is 4.80 Å². The molecule has 0 atom stereocenters. The van der Waals surface area contributed by atoms with Crippen LogP contribution in [-0.2, 0) is 11.8 Å². The zero-order valence-corrected chi connectivity index (χ0v) is 14.3. The SMILES string of the molecule is Cn1c(=NC(=O)C=Cc2cccs2)sc2cccc(Br)c21. The summed E-state index contributed by atoms with van der Waals surface area (Å²) in [6, 6.07) is 9.90. The van der Waals surface area contributed by atoms with Gasteiger partial charge in [-0.3, -0.25) is 4.79 Å². The van der Waals surface area contributed by atoms with Gasteiger partial charge in [0.25, 0.3) is 5.91 Å². The monoisotopic (exact) mass is 378 g/mol. The maximum absolute atomic E-state index is 12.0. The largest absolute Gasteiger partial charge is 0.318 e. The maximum Gasteiger partial charge on any atom is 0.272 e. The molecule has 0 radical (unpaired) electrons. The molecule has 3 nitrogen and oxygen atoms in total. The van der Waals surface area contributed by atoms with Crippen molar-refractivity contribution in [1.29, 1.82) is 0 Å². The summed E-state index contributed by atoms with van der Waals surface area (Å²) in [5.41, 5.74) is 1.05. The van der Waals surface area contributed by atoms with Crippen molar-refractivity contribution >= 4 is 60.8 Å². The second-order valence-electron chi connectivity index (χ2n) is 4.33. The minimum atomic E-state index is -0.248. The van der Waals surface area contributed by atoms with Gasteiger partial charge < -0.3 is 4.57 Å². The summed E-state index contributed by atoms with van der Waals surface area (Å²) in [7, 11) is 1.92. The number of carbonyl (C=O) groups excluding carboxylic acids is 1. The van der Waals surface area contributed by atoms with Crippen LogP contribution in [0.25, 0.3) is 16.3 Å². The molecule has 0 aliphatic rings. The number of para-hydroxylation sites is 1. The Morgan fingerprint density at radius 3 is 2.90 bits per heavy atom. The van der Waals surface area contributed by atoms with Crippen LogP contribution >= 0.6 is 38.6 Å². The molecule has 0 aliphatic carbocycles. The van der Waals surface area contributed by atoms with Crippen LogP contribution in [0.5, 0.6) is 0 Å². The third-order valence-corrected chi connectivity index (χ3v) is 5.49. The van der Waals surface area contributed by atoms with Gasteiger partial charge in [0.15, 0.2) is 4.80 Å². The van der Waals surface area contributed by atoms with Gasteiger partial charge in [0.2, 0.25) is 0 Å². The van der Waals surface area contributed by atoms with Crippen molar-refractivity contribution in [3.05, 3.63) is 55.9 Å². The van der Waals surface area contributed by atoms with Crippen molar-refractivity contribution in [3.8, 4) is 0 Å². The number of benzene rings is 1. The first-order valence-corrected chi connectivity index (χ1v) is 8.68. The highest BCUT2D eigenvalue weighted by Crippen LogP contribution is 2.24. The molecule has 2 heterocycles. The van der Waals surface area contributed by atoms with E-state index in [1.54, 1.807) is 17.4 Å². The number of rotatable bonds is 2. The Bertz CT molecular complexity index is 888. The van der Waals surface area contributed by atoms with Crippen molar-refractivity contribution in [1.82, 2.24) is 4.57 Å². The number of amides is 1. The van der Waals surface area contributed by atoms with Crippen LogP contribution in [0.2, 0.25) is 0 Å². The van der Waals surface area contributed by atoms with Crippen molar-refractivity contribution in [3.63, 3.8) is 0 Å². The second-order valence-corrected chi connectivity index (χ2v) is 7.17. The lowest BCUT2D eigenvalue weighted by Crippen LogP contribution is -2.12. The van der Waals surface area contributed by atoms with Gasteiger partial charge in [-0.05, 0) is 45.6 Å². The molecule has 1 aromatic carbocycles. The first-order valence-electron chi connectivity index (χ1n) is 6.19. The number of carbonyl (C=O) groups is 1. The van der Waals surface area contributed by atoms with Gasteiger partial charge in [-0.1, -0.05) is 23.5 Å². The van der Waals surface area contributed by atoms with Crippen LogP contribution in [0.4, 0.5) is 0 Å². The number of hydrogen-bond acceptors (Lipinski definition) is 3. The molecule has 0 fully saturated rings. The van der Waals surface area contributed by atoms with E-state index < -0.39 is 0 Å². The minimum absolute atomic E-state index is 0.248. The Hall–Kier alpha value is -1.50. The number of halogens is 1. The Morgan fingerprint density at radius 2 is 2.19 bits per heavy atom. The molecule has 0 saturated heterocycles. The second kappa shape index (κ2) is 6.09. The van der Waals surface area contributed by atoms with E-state index in [1.165, 1.54) is 17.4 Å². The number of aryl methyl sites for hydroxylation is 1. The molecule has 0 aliphatic heterocycles. The fourth-order valence-corrected chi connectivity index (χ4v) is 4.37. The zero-order chi connectivity index (χ0) is 14.8. The Kier molecular flexibility index (Phi) is 4.19. The zero-order valence-electron chi connectivity index (χ0n) is 11.1. The van der Waals surface area contributed by atoms with Crippen LogP contribution in [0.3, 0.4) is 0 Å². The van der Waals surface area contributed by atoms with E-state index in [0.717, 1.165) is 19.6 Å². The molecular weight excluding hydrogens is 368 g/mol. The Labute approximate surface area is 138 Å². The van der Waals surface area contributed by atoms with Crippen molar-refractivity contribution < 1.29 is 4.79 Å². The van der Waals surface area contributed by atoms with E-state index in [2.05, 4.69) is 20.9 Å². The molecule has 0 saturated carbocycles. The molecule has 3 aromatic rings. The number of hydrogen-bond donors (Lipinski definition) is 0. The summed E-state index contributed by atoms with van der Waals surface area (Å²) < 4.78 is 4.03. The van der Waals surface area contributed by atoms with E-state index in [1.807, 2.05) is 47.3 Å². The molecule has 1 amide bonds. The number of thiazole rings is 1. The Morgan fingerprint density at radius 1 is 1.33 bits per heavy atom. The van der Waals surface area contributed by atoms with E-state index in [9.17, 15) is 4.79 Å². The molecular formula is C15H11BrN2OS2. The summed E-state index contributed by atoms with van der Waals surface area (Å²) in [6.45, 7) is 0. The highest BCUT2D eigenvalue weighted by atomic mass is 79.9. The summed E-state index contributed by atoms with van der Waals surface area (Å²) in [5.74, 6) is -0.248. The molecule has 2 aromatic heterocycles. The van der Waals surface area contributed by atoms with E-state index in [-0.39, 0.29) is 5.91 Å². The number of thiophene rings is 1. The predicted octanol–water partition coefficient (Wildman–Crippen LogP) is 4.20. The van der Waals surface area contributed by atoms with Crippen LogP contribution in [0, 0.1) is 0 Å². The summed E-state index contributed by atoms with van der Waals surface area (Å²) >= 11 is 6.63. The standard InChI is InChI=1S/C15H11BrN2OS2/c1-18-14-11(16)5-2-6-12(14)21-15(18)17-13(19)8-7-10-4-3-9-20-10/h2-9H,1H3. The normalized spacial score (nSPS) is 12.6. The van der Waals surface area contributed by atoms with E-state index >= 15 is 0 Å². The van der Waals surface area contributed by atoms with Gasteiger partial charge in [0.05, 0.1) is 10.2 Å². The number of nitrogens with zero attached hydrogens (tertiary/aromatic N) is 2. The topological polar surface area (TPSA) is 34.4 Å². The third-order valence-electron chi connectivity index (χ3n) is 2.91. The molecule has 6 heteroatoms. The van der Waals surface area contributed by atoms with Gasteiger partial charge >= 0.3 is 0 Å². The van der Waals surface area contributed by atoms with Crippen LogP contribution in [0.1, 0.15) is 4.88 Å². The smallest absolute Gasteiger partial charge is 0.272 e. The molecule has 0 N–H and O–H groups in total. The van der Waals surface area contributed by atoms with Gasteiger partial charge in [-0.15, -0.1) is 11.3 Å². The Balaban J connectivity index is 1.98. The first-order chi connectivity index (χ1) is 10.1. The molecule has 21 heavy (non-hydrogen) atoms. The summed E-state index contributed by atoms with van der Waals surface area (Å²) in [4.78, 5) is 17.9. The molecule has 3 rings (SSSR count). The lowest BCUT2D eigenvalue weighted by molar-refractivity contribution is -0.113. The summed E-state index contributed by atoms with van der Waals surface area (Å²) in [6.07, 6.45) is 3.30. The third kappa shape index (κ3) is 3.07. The van der Waals surface area contributed by atoms with Crippen molar-refractivity contribution in [2.45, 2.75) is 0 Å². The predicted molar refractivity (Wildman–Crippen MR) is 92.4 cm³/mol. The average Bonchev–Trinajstić information content (AvgIpc) is 3.07. The average molecular weight is 379 g/mol. The van der Waals surface area contributed by atoms with Crippen LogP contribution < -0.4 is 4.80 Å². The van der Waals surface area contributed by atoms with Crippen LogP contribution in [0.15, 0.2) is 51.3 Å². The van der Waals surface area contributed by atoms with Crippen LogP contribution in [-0.4, -0.2) is 10.5 Å². The highest BCUT2D eigenvalue weighted by Gasteiger charge is 2.06. The summed E-state index contributed by atoms with van der Waals surface area (Å²) in [5, 5.41) is 1.98. The maximum atomic E-state index is 12.0. The fourth-order valence-electron chi connectivity index (χ4n) is 1.93. The number of fused-ring (bicyclic) bond motifs is 1. The fraction of sp³-hybridized carbons (Fsp3) is 0.0667. The highest BCUT2D eigenvalue weighted by molar-refractivity contribution is 9.10. The molecule has 0 bridgehead atoms. The van der Waals surface area contributed by atoms with Crippen molar-refractivity contribution in [2.24, 2.45) is 12.0 Å². The number of aromatic nitrogens is 1. The van der Waals surface area contributed by atoms with Gasteiger partial charge in [0.1, 0.15) is 0 Å². The molecule has 106 valence electrons. The van der Waals surface area contributed by atoms with Crippen molar-refractivity contribution in [2.75, 3.05) is 0 Å². The molecule has 0 unspecified atom stereocenters. The van der Waals surface area contributed by atoms with Gasteiger partial charge in [-0.25, -0.2) is 0 Å².